The van der Waals surface area contributed by atoms with Crippen LogP contribution in [0.3, 0.4) is 0 Å². The zero-order valence-electron chi connectivity index (χ0n) is 20.5. The van der Waals surface area contributed by atoms with E-state index in [1.165, 1.54) is 69.7 Å². The van der Waals surface area contributed by atoms with Gasteiger partial charge in [0.25, 0.3) is 0 Å². The molecule has 0 aliphatic heterocycles. The Hall–Kier alpha value is -2.91. The van der Waals surface area contributed by atoms with Gasteiger partial charge in [0.1, 0.15) is 0 Å². The van der Waals surface area contributed by atoms with Crippen LogP contribution in [0.25, 0.3) is 21.8 Å². The zero-order valence-corrected chi connectivity index (χ0v) is 20.5. The van der Waals surface area contributed by atoms with E-state index in [1.807, 2.05) is 0 Å². The van der Waals surface area contributed by atoms with Gasteiger partial charge in [-0.3, -0.25) is 4.79 Å². The largest absolute Gasteiger partial charge is 0.388 e. The summed E-state index contributed by atoms with van der Waals surface area (Å²) in [7, 11) is 0. The third-order valence-electron chi connectivity index (χ3n) is 8.15. The van der Waals surface area contributed by atoms with Crippen LogP contribution in [0.2, 0.25) is 0 Å². The minimum atomic E-state index is -0.258. The Morgan fingerprint density at radius 2 is 1.63 bits per heavy atom. The lowest BCUT2D eigenvalue weighted by Gasteiger charge is -2.11. The summed E-state index contributed by atoms with van der Waals surface area (Å²) < 4.78 is 2.25. The van der Waals surface area contributed by atoms with Crippen LogP contribution < -0.4 is 0 Å². The Labute approximate surface area is 207 Å². The quantitative estimate of drug-likeness (QED) is 0.254. The van der Waals surface area contributed by atoms with Crippen LogP contribution in [0.5, 0.6) is 0 Å². The van der Waals surface area contributed by atoms with Gasteiger partial charge in [-0.1, -0.05) is 61.4 Å². The first-order chi connectivity index (χ1) is 17.2. The van der Waals surface area contributed by atoms with Crippen molar-refractivity contribution >= 4 is 27.6 Å². The normalized spacial score (nSPS) is 17.3. The fourth-order valence-electron chi connectivity index (χ4n) is 6.08. The van der Waals surface area contributed by atoms with Gasteiger partial charge in [0, 0.05) is 27.7 Å². The molecule has 0 radical (unpaired) electrons. The predicted octanol–water partition coefficient (Wildman–Crippen LogP) is 7.10. The topological polar surface area (TPSA) is 42.2 Å². The molecule has 0 saturated heterocycles. The highest BCUT2D eigenvalue weighted by Gasteiger charge is 2.30. The van der Waals surface area contributed by atoms with E-state index >= 15 is 0 Å². The van der Waals surface area contributed by atoms with Crippen LogP contribution in [-0.2, 0) is 30.6 Å². The monoisotopic (exact) mass is 465 g/mol. The van der Waals surface area contributed by atoms with E-state index in [0.29, 0.717) is 12.3 Å². The molecule has 2 aliphatic carbocycles. The Balaban J connectivity index is 1.09. The third-order valence-corrected chi connectivity index (χ3v) is 8.15. The molecule has 0 bridgehead atoms. The fourth-order valence-corrected chi connectivity index (χ4v) is 6.08. The number of para-hydroxylation sites is 1. The summed E-state index contributed by atoms with van der Waals surface area (Å²) >= 11 is 0. The second-order valence-electron chi connectivity index (χ2n) is 10.7. The van der Waals surface area contributed by atoms with Gasteiger partial charge < -0.3 is 9.67 Å². The summed E-state index contributed by atoms with van der Waals surface area (Å²) in [5.74, 6) is 0.671. The summed E-state index contributed by atoms with van der Waals surface area (Å²) in [6.07, 6.45) is 10.7. The minimum Gasteiger partial charge on any atom is -0.388 e. The highest BCUT2D eigenvalue weighted by Crippen LogP contribution is 2.35. The molecule has 2 aliphatic rings. The molecule has 1 atom stereocenters. The van der Waals surface area contributed by atoms with Crippen molar-refractivity contribution in [1.29, 1.82) is 0 Å². The average Bonchev–Trinajstić information content (AvgIpc) is 3.61. The standard InChI is InChI=1S/C32H35NO2/c34-30-19-17-25-11-7-10-24(32(25)30)9-4-2-1-3-8-22-14-18-27-26-12-5-6-13-28(26)33(29(27)20-22)21-31(35)23-15-16-23/h5-7,10-14,18,20,23,30,34H,1-4,8-9,15-17,19,21H2. The summed E-state index contributed by atoms with van der Waals surface area (Å²) in [5.41, 5.74) is 7.66. The first-order valence-corrected chi connectivity index (χ1v) is 13.5. The Morgan fingerprint density at radius 3 is 2.49 bits per heavy atom. The number of aliphatic hydroxyl groups excluding tert-OH is 1. The lowest BCUT2D eigenvalue weighted by molar-refractivity contribution is -0.120. The van der Waals surface area contributed by atoms with E-state index in [0.717, 1.165) is 38.5 Å². The van der Waals surface area contributed by atoms with Crippen molar-refractivity contribution in [3.05, 3.63) is 82.9 Å². The summed E-state index contributed by atoms with van der Waals surface area (Å²) in [6.45, 7) is 0.496. The van der Waals surface area contributed by atoms with E-state index in [2.05, 4.69) is 65.2 Å². The van der Waals surface area contributed by atoms with Crippen LogP contribution in [-0.4, -0.2) is 15.5 Å². The molecule has 1 N–H and O–H groups in total. The minimum absolute atomic E-state index is 0.258. The molecular weight excluding hydrogens is 430 g/mol. The van der Waals surface area contributed by atoms with Crippen molar-refractivity contribution in [3.63, 3.8) is 0 Å². The second-order valence-corrected chi connectivity index (χ2v) is 10.7. The predicted molar refractivity (Wildman–Crippen MR) is 143 cm³/mol. The average molecular weight is 466 g/mol. The van der Waals surface area contributed by atoms with Crippen LogP contribution in [0.1, 0.15) is 73.3 Å². The highest BCUT2D eigenvalue weighted by molar-refractivity contribution is 6.09. The highest BCUT2D eigenvalue weighted by atomic mass is 16.3. The molecule has 4 aromatic rings. The molecule has 6 rings (SSSR count). The van der Waals surface area contributed by atoms with E-state index in [-0.39, 0.29) is 12.0 Å². The molecule has 1 aromatic heterocycles. The van der Waals surface area contributed by atoms with Gasteiger partial charge >= 0.3 is 0 Å². The van der Waals surface area contributed by atoms with E-state index in [9.17, 15) is 9.90 Å². The maximum absolute atomic E-state index is 12.7. The van der Waals surface area contributed by atoms with Crippen LogP contribution in [0.4, 0.5) is 0 Å². The molecule has 1 heterocycles. The number of ketones is 1. The first kappa shape index (κ1) is 22.5. The molecule has 1 unspecified atom stereocenters. The van der Waals surface area contributed by atoms with Gasteiger partial charge in [0.2, 0.25) is 0 Å². The van der Waals surface area contributed by atoms with Crippen LogP contribution >= 0.6 is 0 Å². The number of aromatic nitrogens is 1. The SMILES string of the molecule is O=C(Cn1c2ccccc2c2ccc(CCCCCCc3cccc4c3C(O)CC4)cc21)C1CC1. The molecule has 3 aromatic carbocycles. The molecule has 35 heavy (non-hydrogen) atoms. The smallest absolute Gasteiger partial charge is 0.155 e. The number of unbranched alkanes of at least 4 members (excludes halogenated alkanes) is 3. The van der Waals surface area contributed by atoms with Crippen LogP contribution in [0, 0.1) is 5.92 Å². The molecule has 0 spiro atoms. The molecule has 3 heteroatoms. The van der Waals surface area contributed by atoms with Crippen molar-refractivity contribution in [3.8, 4) is 0 Å². The summed E-state index contributed by atoms with van der Waals surface area (Å²) in [4.78, 5) is 12.7. The number of carbonyl (C=O) groups excluding carboxylic acids is 1. The number of nitrogens with zero attached hydrogens (tertiary/aromatic N) is 1. The number of Topliss-reactive ketones (excluding diaryl/α,β-unsaturated/α-hetero) is 1. The molecule has 1 saturated carbocycles. The van der Waals surface area contributed by atoms with Crippen molar-refractivity contribution in [2.45, 2.75) is 76.9 Å². The van der Waals surface area contributed by atoms with Gasteiger partial charge in [0.05, 0.1) is 12.6 Å². The van der Waals surface area contributed by atoms with Crippen LogP contribution in [0.15, 0.2) is 60.7 Å². The van der Waals surface area contributed by atoms with Gasteiger partial charge in [-0.25, -0.2) is 0 Å². The number of hydrogen-bond donors (Lipinski definition) is 1. The number of benzene rings is 3. The lowest BCUT2D eigenvalue weighted by Crippen LogP contribution is -2.11. The van der Waals surface area contributed by atoms with Gasteiger partial charge in [-0.15, -0.1) is 0 Å². The zero-order chi connectivity index (χ0) is 23.8. The summed E-state index contributed by atoms with van der Waals surface area (Å²) in [5, 5.41) is 12.8. The van der Waals surface area contributed by atoms with Crippen molar-refractivity contribution in [1.82, 2.24) is 4.57 Å². The van der Waals surface area contributed by atoms with E-state index < -0.39 is 0 Å². The molecule has 3 nitrogen and oxygen atoms in total. The molecule has 0 amide bonds. The maximum atomic E-state index is 12.7. The lowest BCUT2D eigenvalue weighted by atomic mass is 9.96. The van der Waals surface area contributed by atoms with Crippen molar-refractivity contribution < 1.29 is 9.90 Å². The maximum Gasteiger partial charge on any atom is 0.155 e. The molecule has 180 valence electrons. The number of fused-ring (bicyclic) bond motifs is 4. The first-order valence-electron chi connectivity index (χ1n) is 13.5. The number of hydrogen-bond acceptors (Lipinski definition) is 2. The van der Waals surface area contributed by atoms with E-state index in [1.54, 1.807) is 0 Å². The van der Waals surface area contributed by atoms with Gasteiger partial charge in [-0.2, -0.15) is 0 Å². The number of aliphatic hydroxyl groups is 1. The van der Waals surface area contributed by atoms with Gasteiger partial charge in [0.15, 0.2) is 5.78 Å². The Kier molecular flexibility index (Phi) is 6.20. The summed E-state index contributed by atoms with van der Waals surface area (Å²) in [6, 6.07) is 21.9. The number of rotatable bonds is 10. The van der Waals surface area contributed by atoms with Crippen molar-refractivity contribution in [2.75, 3.05) is 0 Å². The molecule has 1 fully saturated rings. The van der Waals surface area contributed by atoms with Crippen molar-refractivity contribution in [2.24, 2.45) is 5.92 Å². The third kappa shape index (κ3) is 4.54. The van der Waals surface area contributed by atoms with E-state index in [4.69, 9.17) is 0 Å². The molecular formula is C32H35NO2. The fraction of sp³-hybridized carbons (Fsp3) is 0.406. The second kappa shape index (κ2) is 9.62. The number of carbonyl (C=O) groups is 1. The number of aryl methyl sites for hydroxylation is 3. The Bertz CT molecular complexity index is 1380. The Morgan fingerprint density at radius 1 is 0.829 bits per heavy atom. The van der Waals surface area contributed by atoms with Gasteiger partial charge in [-0.05, 0) is 85.8 Å².